The van der Waals surface area contributed by atoms with Crippen LogP contribution in [0.1, 0.15) is 29.2 Å². The third kappa shape index (κ3) is 2.89. The van der Waals surface area contributed by atoms with Gasteiger partial charge in [0, 0.05) is 5.75 Å². The summed E-state index contributed by atoms with van der Waals surface area (Å²) < 4.78 is 7.18. The minimum absolute atomic E-state index is 0.237. The SMILES string of the molecule is CCC(N=O)[C@H]1O[C@@H](n2c3c(sc2=O)C(=O)NC(N=NN)N3)CS1. The lowest BCUT2D eigenvalue weighted by Gasteiger charge is -2.24. The zero-order valence-electron chi connectivity index (χ0n) is 12.5. The smallest absolute Gasteiger partial charge is 0.311 e. The maximum absolute atomic E-state index is 12.3. The van der Waals surface area contributed by atoms with Gasteiger partial charge < -0.3 is 21.2 Å². The van der Waals surface area contributed by atoms with Gasteiger partial charge in [0.1, 0.15) is 28.4 Å². The molecule has 0 bridgehead atoms. The van der Waals surface area contributed by atoms with E-state index >= 15 is 0 Å². The van der Waals surface area contributed by atoms with Gasteiger partial charge in [-0.15, -0.1) is 16.9 Å². The summed E-state index contributed by atoms with van der Waals surface area (Å²) in [5.41, 5.74) is -0.420. The van der Waals surface area contributed by atoms with Crippen LogP contribution in [0, 0.1) is 4.91 Å². The van der Waals surface area contributed by atoms with Crippen LogP contribution in [-0.4, -0.2) is 34.0 Å². The Morgan fingerprint density at radius 3 is 2.92 bits per heavy atom. The second-order valence-electron chi connectivity index (χ2n) is 5.04. The summed E-state index contributed by atoms with van der Waals surface area (Å²) in [5, 5.41) is 15.2. The number of carbonyl (C=O) groups is 1. The molecule has 0 spiro atoms. The Morgan fingerprint density at radius 2 is 2.25 bits per heavy atom. The van der Waals surface area contributed by atoms with E-state index in [0.717, 1.165) is 11.3 Å². The van der Waals surface area contributed by atoms with Gasteiger partial charge in [0.25, 0.3) is 5.91 Å². The van der Waals surface area contributed by atoms with Crippen LogP contribution in [0.25, 0.3) is 0 Å². The molecule has 0 radical (unpaired) electrons. The molecule has 0 aromatic carbocycles. The van der Waals surface area contributed by atoms with Crippen LogP contribution in [0.5, 0.6) is 0 Å². The summed E-state index contributed by atoms with van der Waals surface area (Å²) in [4.78, 5) is 35.2. The lowest BCUT2D eigenvalue weighted by atomic mass is 10.2. The van der Waals surface area contributed by atoms with Gasteiger partial charge in [-0.3, -0.25) is 14.2 Å². The van der Waals surface area contributed by atoms with Crippen molar-refractivity contribution < 1.29 is 9.53 Å². The summed E-state index contributed by atoms with van der Waals surface area (Å²) in [7, 11) is 0. The molecule has 130 valence electrons. The molecule has 2 unspecified atom stereocenters. The number of hydrogen-bond acceptors (Lipinski definition) is 10. The fourth-order valence-electron chi connectivity index (χ4n) is 2.48. The first-order chi connectivity index (χ1) is 11.6. The zero-order chi connectivity index (χ0) is 17.3. The van der Waals surface area contributed by atoms with Crippen molar-refractivity contribution in [3.63, 3.8) is 0 Å². The molecule has 2 aliphatic rings. The van der Waals surface area contributed by atoms with Crippen molar-refractivity contribution >= 4 is 34.8 Å². The van der Waals surface area contributed by atoms with E-state index in [9.17, 15) is 14.5 Å². The van der Waals surface area contributed by atoms with Crippen LogP contribution in [0.4, 0.5) is 5.82 Å². The lowest BCUT2D eigenvalue weighted by Crippen LogP contribution is -2.44. The van der Waals surface area contributed by atoms with Crippen molar-refractivity contribution in [1.29, 1.82) is 0 Å². The Hall–Kier alpha value is -1.99. The minimum Gasteiger partial charge on any atom is -0.341 e. The third-order valence-electron chi connectivity index (χ3n) is 3.62. The minimum atomic E-state index is -0.861. The highest BCUT2D eigenvalue weighted by molar-refractivity contribution is 8.00. The number of anilines is 1. The molecule has 13 heteroatoms. The van der Waals surface area contributed by atoms with Gasteiger partial charge in [-0.2, -0.15) is 4.91 Å². The Labute approximate surface area is 144 Å². The molecule has 4 atom stereocenters. The Morgan fingerprint density at radius 1 is 1.46 bits per heavy atom. The molecular weight excluding hydrogens is 358 g/mol. The Balaban J connectivity index is 1.89. The van der Waals surface area contributed by atoms with E-state index < -0.39 is 29.9 Å². The van der Waals surface area contributed by atoms with Gasteiger partial charge in [0.2, 0.25) is 6.29 Å². The molecule has 3 rings (SSSR count). The molecule has 1 saturated heterocycles. The van der Waals surface area contributed by atoms with Gasteiger partial charge in [0.15, 0.2) is 0 Å². The number of thiazole rings is 1. The number of nitroso groups, excluding NO2 is 1. The lowest BCUT2D eigenvalue weighted by molar-refractivity contribution is 0.00852. The largest absolute Gasteiger partial charge is 0.341 e. The average molecular weight is 373 g/mol. The predicted octanol–water partition coefficient (Wildman–Crippen LogP) is 0.808. The molecule has 2 aliphatic heterocycles. The number of amides is 1. The zero-order valence-corrected chi connectivity index (χ0v) is 14.2. The quantitative estimate of drug-likeness (QED) is 0.299. The first-order valence-corrected chi connectivity index (χ1v) is 8.97. The number of nitrogens with two attached hydrogens (primary N) is 1. The molecule has 11 nitrogen and oxygen atoms in total. The topological polar surface area (TPSA) is 153 Å². The van der Waals surface area contributed by atoms with Crippen LogP contribution in [0.3, 0.4) is 0 Å². The summed E-state index contributed by atoms with van der Waals surface area (Å²) in [5.74, 6) is 5.34. The maximum Gasteiger partial charge on any atom is 0.311 e. The van der Waals surface area contributed by atoms with Crippen molar-refractivity contribution in [3.8, 4) is 0 Å². The van der Waals surface area contributed by atoms with Crippen LogP contribution < -0.4 is 21.3 Å². The molecular formula is C11H15N7O4S2. The highest BCUT2D eigenvalue weighted by Gasteiger charge is 2.38. The van der Waals surface area contributed by atoms with E-state index in [-0.39, 0.29) is 9.75 Å². The number of nitrogens with zero attached hydrogens (tertiary/aromatic N) is 4. The van der Waals surface area contributed by atoms with Crippen molar-refractivity contribution in [2.75, 3.05) is 11.1 Å². The highest BCUT2D eigenvalue weighted by Crippen LogP contribution is 2.38. The number of aromatic nitrogens is 1. The van der Waals surface area contributed by atoms with E-state index in [4.69, 9.17) is 10.6 Å². The fraction of sp³-hybridized carbons (Fsp3) is 0.636. The van der Waals surface area contributed by atoms with Crippen molar-refractivity contribution in [2.45, 2.75) is 37.3 Å². The van der Waals surface area contributed by atoms with Crippen LogP contribution in [-0.2, 0) is 4.74 Å². The molecule has 4 N–H and O–H groups in total. The number of ether oxygens (including phenoxy) is 1. The van der Waals surface area contributed by atoms with Gasteiger partial charge in [-0.05, 0) is 6.42 Å². The van der Waals surface area contributed by atoms with Crippen LogP contribution >= 0.6 is 23.1 Å². The van der Waals surface area contributed by atoms with E-state index in [2.05, 4.69) is 26.1 Å². The van der Waals surface area contributed by atoms with E-state index in [1.165, 1.54) is 16.3 Å². The Kier molecular flexibility index (Phi) is 4.82. The monoisotopic (exact) mass is 373 g/mol. The fourth-order valence-corrected chi connectivity index (χ4v) is 4.62. The van der Waals surface area contributed by atoms with Gasteiger partial charge in [0.05, 0.1) is 0 Å². The number of thioether (sulfide) groups is 1. The predicted molar refractivity (Wildman–Crippen MR) is 88.7 cm³/mol. The highest BCUT2D eigenvalue weighted by atomic mass is 32.2. The first-order valence-electron chi connectivity index (χ1n) is 7.11. The van der Waals surface area contributed by atoms with Crippen molar-refractivity contribution in [1.82, 2.24) is 9.88 Å². The standard InChI is InChI=1S/C11H15N7O4S2/c1-2-4(16-21)9-22-5(3-23-9)18-7-6(24-11(18)20)8(19)14-10(13-7)15-17-12/h4-5,9-10,13H,2-3H2,1H3,(H2,12,15)(H,14,19)/t4?,5-,9+,10?/m1/s1. The molecule has 1 amide bonds. The van der Waals surface area contributed by atoms with Crippen molar-refractivity contribution in [2.24, 2.45) is 21.4 Å². The number of hydrogen-bond donors (Lipinski definition) is 3. The average Bonchev–Trinajstić information content (AvgIpc) is 3.13. The molecule has 0 aliphatic carbocycles. The normalized spacial score (nSPS) is 27.5. The summed E-state index contributed by atoms with van der Waals surface area (Å²) in [6.07, 6.45) is -0.915. The van der Waals surface area contributed by atoms with Crippen LogP contribution in [0.15, 0.2) is 20.3 Å². The van der Waals surface area contributed by atoms with E-state index in [1.54, 1.807) is 0 Å². The second kappa shape index (κ2) is 6.86. The number of carbonyl (C=O) groups excluding carboxylic acids is 1. The van der Waals surface area contributed by atoms with E-state index in [0.29, 0.717) is 18.0 Å². The molecule has 1 aromatic rings. The number of nitrogens with one attached hydrogen (secondary N) is 2. The number of fused-ring (bicyclic) bond motifs is 1. The molecule has 0 saturated carbocycles. The molecule has 1 aromatic heterocycles. The van der Waals surface area contributed by atoms with Gasteiger partial charge in [-0.25, -0.2) is 0 Å². The molecule has 3 heterocycles. The first kappa shape index (κ1) is 16.9. The summed E-state index contributed by atoms with van der Waals surface area (Å²) in [6, 6.07) is -0.486. The summed E-state index contributed by atoms with van der Waals surface area (Å²) >= 11 is 2.22. The summed E-state index contributed by atoms with van der Waals surface area (Å²) in [6.45, 7) is 1.84. The van der Waals surface area contributed by atoms with Gasteiger partial charge in [-0.1, -0.05) is 28.7 Å². The van der Waals surface area contributed by atoms with E-state index in [1.807, 2.05) is 6.92 Å². The second-order valence-corrected chi connectivity index (χ2v) is 7.13. The number of rotatable bonds is 5. The molecule has 1 fully saturated rings. The third-order valence-corrected chi connectivity index (χ3v) is 5.81. The van der Waals surface area contributed by atoms with Crippen molar-refractivity contribution in [3.05, 3.63) is 19.5 Å². The molecule has 24 heavy (non-hydrogen) atoms. The Bertz CT molecular complexity index is 732. The van der Waals surface area contributed by atoms with Gasteiger partial charge >= 0.3 is 4.87 Å². The van der Waals surface area contributed by atoms with Crippen LogP contribution in [0.2, 0.25) is 0 Å². The maximum atomic E-state index is 12.3.